The molecule has 1 N–H and O–H groups in total. The van der Waals surface area contributed by atoms with Gasteiger partial charge in [-0.25, -0.2) is 0 Å². The van der Waals surface area contributed by atoms with E-state index in [9.17, 15) is 4.79 Å². The minimum Gasteiger partial charge on any atom is -0.410 e. The van der Waals surface area contributed by atoms with E-state index in [1.54, 1.807) is 18.2 Å². The second-order valence-electron chi connectivity index (χ2n) is 2.20. The van der Waals surface area contributed by atoms with E-state index in [1.807, 2.05) is 0 Å². The van der Waals surface area contributed by atoms with E-state index in [0.29, 0.717) is 0 Å². The molecule has 1 aromatic carbocycles. The summed E-state index contributed by atoms with van der Waals surface area (Å²) in [5.74, 6) is -0.602. The standard InChI is InChI=1S/C8H5Cl2NO2/c9-6-4-2-1-3-5(6)7(12)8(10)11-13/h1-4,13H. The Kier molecular flexibility index (Phi) is 3.28. The number of oxime groups is 1. The molecule has 1 aromatic rings. The van der Waals surface area contributed by atoms with Crippen molar-refractivity contribution < 1.29 is 10.0 Å². The molecule has 1 rings (SSSR count). The van der Waals surface area contributed by atoms with Crippen LogP contribution in [0.1, 0.15) is 10.4 Å². The van der Waals surface area contributed by atoms with Crippen LogP contribution >= 0.6 is 23.2 Å². The van der Waals surface area contributed by atoms with Crippen molar-refractivity contribution in [2.75, 3.05) is 0 Å². The van der Waals surface area contributed by atoms with Crippen molar-refractivity contribution >= 4 is 34.2 Å². The highest BCUT2D eigenvalue weighted by atomic mass is 35.5. The van der Waals surface area contributed by atoms with Gasteiger partial charge in [0.1, 0.15) is 0 Å². The lowest BCUT2D eigenvalue weighted by Gasteiger charge is -1.98. The first-order valence-electron chi connectivity index (χ1n) is 3.33. The molecule has 0 radical (unpaired) electrons. The van der Waals surface area contributed by atoms with Crippen LogP contribution in [0.2, 0.25) is 5.02 Å². The van der Waals surface area contributed by atoms with E-state index >= 15 is 0 Å². The largest absolute Gasteiger partial charge is 0.410 e. The van der Waals surface area contributed by atoms with E-state index in [4.69, 9.17) is 28.4 Å². The second kappa shape index (κ2) is 4.25. The van der Waals surface area contributed by atoms with Crippen LogP contribution in [0, 0.1) is 0 Å². The zero-order chi connectivity index (χ0) is 9.84. The third kappa shape index (κ3) is 2.20. The first-order valence-corrected chi connectivity index (χ1v) is 4.09. The van der Waals surface area contributed by atoms with Crippen LogP contribution in [0.25, 0.3) is 0 Å². The monoisotopic (exact) mass is 217 g/mol. The van der Waals surface area contributed by atoms with E-state index in [1.165, 1.54) is 6.07 Å². The van der Waals surface area contributed by atoms with Gasteiger partial charge in [0, 0.05) is 5.56 Å². The normalized spacial score (nSPS) is 11.4. The van der Waals surface area contributed by atoms with E-state index in [-0.39, 0.29) is 10.6 Å². The Morgan fingerprint density at radius 3 is 2.54 bits per heavy atom. The van der Waals surface area contributed by atoms with Gasteiger partial charge in [-0.15, -0.1) is 0 Å². The lowest BCUT2D eigenvalue weighted by atomic mass is 10.1. The summed E-state index contributed by atoms with van der Waals surface area (Å²) in [6, 6.07) is 6.37. The van der Waals surface area contributed by atoms with Gasteiger partial charge in [0.05, 0.1) is 5.02 Å². The molecular weight excluding hydrogens is 213 g/mol. The van der Waals surface area contributed by atoms with Gasteiger partial charge in [-0.1, -0.05) is 40.5 Å². The van der Waals surface area contributed by atoms with Crippen molar-refractivity contribution in [1.82, 2.24) is 0 Å². The van der Waals surface area contributed by atoms with Crippen molar-refractivity contribution in [2.45, 2.75) is 0 Å². The molecule has 68 valence electrons. The predicted octanol–water partition coefficient (Wildman–Crippen LogP) is 2.55. The number of nitrogens with zero attached hydrogens (tertiary/aromatic N) is 1. The van der Waals surface area contributed by atoms with Gasteiger partial charge >= 0.3 is 0 Å². The highest BCUT2D eigenvalue weighted by molar-refractivity contribution is 6.85. The maximum absolute atomic E-state index is 11.3. The molecule has 0 saturated carbocycles. The van der Waals surface area contributed by atoms with Gasteiger partial charge in [-0.2, -0.15) is 0 Å². The molecule has 0 fully saturated rings. The molecular formula is C8H5Cl2NO2. The SMILES string of the molecule is O=C(C(Cl)=NO)c1ccccc1Cl. The summed E-state index contributed by atoms with van der Waals surface area (Å²) in [6.07, 6.45) is 0. The van der Waals surface area contributed by atoms with Crippen molar-refractivity contribution in [2.24, 2.45) is 5.16 Å². The molecule has 0 heterocycles. The summed E-state index contributed by atoms with van der Waals surface area (Å²) in [6.45, 7) is 0. The van der Waals surface area contributed by atoms with Crippen molar-refractivity contribution in [3.8, 4) is 0 Å². The summed E-state index contributed by atoms with van der Waals surface area (Å²) in [7, 11) is 0. The Labute approximate surface area is 84.6 Å². The van der Waals surface area contributed by atoms with Crippen LogP contribution in [-0.4, -0.2) is 16.2 Å². The average Bonchev–Trinajstić information content (AvgIpc) is 2.16. The molecule has 0 atom stereocenters. The van der Waals surface area contributed by atoms with Crippen LogP contribution in [-0.2, 0) is 0 Å². The highest BCUT2D eigenvalue weighted by Gasteiger charge is 2.14. The van der Waals surface area contributed by atoms with Crippen LogP contribution in [0.5, 0.6) is 0 Å². The van der Waals surface area contributed by atoms with E-state index in [0.717, 1.165) is 0 Å². The van der Waals surface area contributed by atoms with Crippen molar-refractivity contribution in [1.29, 1.82) is 0 Å². The van der Waals surface area contributed by atoms with Crippen LogP contribution < -0.4 is 0 Å². The van der Waals surface area contributed by atoms with Gasteiger partial charge in [0.15, 0.2) is 0 Å². The number of carbonyl (C=O) groups excluding carboxylic acids is 1. The van der Waals surface area contributed by atoms with Crippen molar-refractivity contribution in [3.63, 3.8) is 0 Å². The number of hydrogen-bond acceptors (Lipinski definition) is 3. The fraction of sp³-hybridized carbons (Fsp3) is 0. The quantitative estimate of drug-likeness (QED) is 0.359. The highest BCUT2D eigenvalue weighted by Crippen LogP contribution is 2.16. The number of carbonyl (C=O) groups is 1. The molecule has 0 aromatic heterocycles. The van der Waals surface area contributed by atoms with Crippen LogP contribution in [0.3, 0.4) is 0 Å². The number of hydrogen-bond donors (Lipinski definition) is 1. The molecule has 3 nitrogen and oxygen atoms in total. The molecule has 0 aliphatic rings. The summed E-state index contributed by atoms with van der Waals surface area (Å²) in [5.41, 5.74) is 0.215. The van der Waals surface area contributed by atoms with Gasteiger partial charge < -0.3 is 5.21 Å². The average molecular weight is 218 g/mol. The minimum atomic E-state index is -0.602. The Balaban J connectivity index is 3.10. The summed E-state index contributed by atoms with van der Waals surface area (Å²) in [4.78, 5) is 11.3. The topological polar surface area (TPSA) is 49.7 Å². The van der Waals surface area contributed by atoms with Gasteiger partial charge in [0.2, 0.25) is 11.0 Å². The van der Waals surface area contributed by atoms with Crippen molar-refractivity contribution in [3.05, 3.63) is 34.9 Å². The molecule has 0 saturated heterocycles. The maximum Gasteiger partial charge on any atom is 0.227 e. The van der Waals surface area contributed by atoms with Gasteiger partial charge in [-0.3, -0.25) is 4.79 Å². The molecule has 0 bridgehead atoms. The molecule has 0 aliphatic carbocycles. The summed E-state index contributed by atoms with van der Waals surface area (Å²) >= 11 is 11.0. The number of benzene rings is 1. The Morgan fingerprint density at radius 1 is 1.38 bits per heavy atom. The zero-order valence-electron chi connectivity index (χ0n) is 6.37. The van der Waals surface area contributed by atoms with Crippen LogP contribution in [0.15, 0.2) is 29.4 Å². The van der Waals surface area contributed by atoms with Gasteiger partial charge in [0.25, 0.3) is 0 Å². The summed E-state index contributed by atoms with van der Waals surface area (Å²) < 4.78 is 0. The smallest absolute Gasteiger partial charge is 0.227 e. The predicted molar refractivity (Wildman–Crippen MR) is 50.9 cm³/mol. The number of ketones is 1. The fourth-order valence-electron chi connectivity index (χ4n) is 0.802. The number of rotatable bonds is 2. The Bertz CT molecular complexity index is 363. The molecule has 0 spiro atoms. The number of halogens is 2. The molecule has 0 aliphatic heterocycles. The van der Waals surface area contributed by atoms with E-state index < -0.39 is 11.0 Å². The molecule has 0 unspecified atom stereocenters. The lowest BCUT2D eigenvalue weighted by Crippen LogP contribution is -2.08. The maximum atomic E-state index is 11.3. The molecule has 0 amide bonds. The van der Waals surface area contributed by atoms with E-state index in [2.05, 4.69) is 5.16 Å². The summed E-state index contributed by atoms with van der Waals surface area (Å²) in [5, 5.41) is 10.6. The Hall–Kier alpha value is -1.06. The number of Topliss-reactive ketones (excluding diaryl/α,β-unsaturated/α-hetero) is 1. The van der Waals surface area contributed by atoms with Crippen LogP contribution in [0.4, 0.5) is 0 Å². The minimum absolute atomic E-state index is 0.215. The lowest BCUT2D eigenvalue weighted by molar-refractivity contribution is 0.106. The molecule has 5 heteroatoms. The second-order valence-corrected chi connectivity index (χ2v) is 2.96. The first-order chi connectivity index (χ1) is 6.16. The third-order valence-electron chi connectivity index (χ3n) is 1.39. The first kappa shape index (κ1) is 10.0. The fourth-order valence-corrected chi connectivity index (χ4v) is 1.13. The Morgan fingerprint density at radius 2 is 2.00 bits per heavy atom. The van der Waals surface area contributed by atoms with Gasteiger partial charge in [-0.05, 0) is 12.1 Å². The third-order valence-corrected chi connectivity index (χ3v) is 1.97. The zero-order valence-corrected chi connectivity index (χ0v) is 7.88. The molecule has 13 heavy (non-hydrogen) atoms.